The number of carbonyl (C=O) groups is 1. The van der Waals surface area contributed by atoms with Crippen molar-refractivity contribution in [1.29, 1.82) is 0 Å². The number of aromatic hydroxyl groups is 1. The number of phenols is 1. The van der Waals surface area contributed by atoms with Crippen LogP contribution in [0.4, 0.5) is 10.5 Å². The predicted octanol–water partition coefficient (Wildman–Crippen LogP) is 2.27. The summed E-state index contributed by atoms with van der Waals surface area (Å²) in [5.41, 5.74) is 0.689. The zero-order chi connectivity index (χ0) is 11.2. The molecule has 4 nitrogen and oxygen atoms in total. The largest absolute Gasteiger partial charge is 0.508 e. The summed E-state index contributed by atoms with van der Waals surface area (Å²) in [7, 11) is 0. The summed E-state index contributed by atoms with van der Waals surface area (Å²) in [6.45, 7) is 0.493. The fraction of sp³-hybridized carbons (Fsp3) is 0.417. The van der Waals surface area contributed by atoms with E-state index < -0.39 is 0 Å². The van der Waals surface area contributed by atoms with Crippen LogP contribution in [0.15, 0.2) is 24.3 Å². The van der Waals surface area contributed by atoms with E-state index in [1.165, 1.54) is 0 Å². The molecule has 1 aromatic carbocycles. The van der Waals surface area contributed by atoms with Crippen molar-refractivity contribution in [3.63, 3.8) is 0 Å². The van der Waals surface area contributed by atoms with Crippen molar-refractivity contribution in [3.8, 4) is 5.75 Å². The molecule has 2 fully saturated rings. The third kappa shape index (κ3) is 1.19. The minimum Gasteiger partial charge on any atom is -0.508 e. The standard InChI is InChI=1S/C12H13NO3/c14-10-4-2-9(3-5-10)13-11(15)16-8-12(13)6-1-7-12/h2-5,14H,1,6-8H2. The predicted molar refractivity (Wildman–Crippen MR) is 58.5 cm³/mol. The number of nitrogens with zero attached hydrogens (tertiary/aromatic N) is 1. The Morgan fingerprint density at radius 2 is 1.94 bits per heavy atom. The van der Waals surface area contributed by atoms with Gasteiger partial charge in [0, 0.05) is 5.69 Å². The number of anilines is 1. The molecule has 1 heterocycles. The van der Waals surface area contributed by atoms with Crippen molar-refractivity contribution >= 4 is 11.8 Å². The van der Waals surface area contributed by atoms with Gasteiger partial charge >= 0.3 is 6.09 Å². The molecule has 1 aliphatic carbocycles. The monoisotopic (exact) mass is 219 g/mol. The number of ether oxygens (including phenoxy) is 1. The smallest absolute Gasteiger partial charge is 0.415 e. The number of cyclic esters (lactones) is 1. The minimum atomic E-state index is -0.273. The van der Waals surface area contributed by atoms with E-state index in [2.05, 4.69) is 0 Å². The highest BCUT2D eigenvalue weighted by Gasteiger charge is 2.52. The summed E-state index contributed by atoms with van der Waals surface area (Å²) in [6, 6.07) is 6.69. The normalized spacial score (nSPS) is 22.0. The lowest BCUT2D eigenvalue weighted by atomic mass is 9.76. The average molecular weight is 219 g/mol. The van der Waals surface area contributed by atoms with Crippen LogP contribution in [0.25, 0.3) is 0 Å². The van der Waals surface area contributed by atoms with E-state index in [9.17, 15) is 9.90 Å². The molecule has 0 aromatic heterocycles. The van der Waals surface area contributed by atoms with Crippen LogP contribution < -0.4 is 4.90 Å². The van der Waals surface area contributed by atoms with E-state index in [0.717, 1.165) is 24.9 Å². The topological polar surface area (TPSA) is 49.8 Å². The quantitative estimate of drug-likeness (QED) is 0.788. The van der Waals surface area contributed by atoms with Gasteiger partial charge < -0.3 is 9.84 Å². The van der Waals surface area contributed by atoms with Crippen molar-refractivity contribution in [3.05, 3.63) is 24.3 Å². The lowest BCUT2D eigenvalue weighted by Crippen LogP contribution is -2.52. The molecule has 1 aromatic rings. The Balaban J connectivity index is 1.97. The van der Waals surface area contributed by atoms with Crippen LogP contribution in [-0.4, -0.2) is 23.3 Å². The molecular formula is C12H13NO3. The maximum atomic E-state index is 11.7. The van der Waals surface area contributed by atoms with Gasteiger partial charge in [0.1, 0.15) is 12.4 Å². The molecule has 2 aliphatic rings. The SMILES string of the molecule is O=C1OCC2(CCC2)N1c1ccc(O)cc1. The zero-order valence-electron chi connectivity index (χ0n) is 8.85. The molecule has 1 spiro atoms. The molecule has 1 aliphatic heterocycles. The molecule has 1 saturated heterocycles. The molecule has 0 bridgehead atoms. The first kappa shape index (κ1) is 9.51. The van der Waals surface area contributed by atoms with Gasteiger partial charge in [-0.1, -0.05) is 0 Å². The first-order valence-electron chi connectivity index (χ1n) is 5.47. The van der Waals surface area contributed by atoms with Gasteiger partial charge in [0.15, 0.2) is 0 Å². The van der Waals surface area contributed by atoms with Crippen molar-refractivity contribution in [2.75, 3.05) is 11.5 Å². The summed E-state index contributed by atoms with van der Waals surface area (Å²) in [4.78, 5) is 13.4. The van der Waals surface area contributed by atoms with Crippen molar-refractivity contribution in [2.24, 2.45) is 0 Å². The number of hydrogen-bond donors (Lipinski definition) is 1. The van der Waals surface area contributed by atoms with Crippen molar-refractivity contribution in [1.82, 2.24) is 0 Å². The van der Waals surface area contributed by atoms with Crippen molar-refractivity contribution in [2.45, 2.75) is 24.8 Å². The third-order valence-electron chi connectivity index (χ3n) is 3.51. The summed E-state index contributed by atoms with van der Waals surface area (Å²) in [6.07, 6.45) is 2.87. The van der Waals surface area contributed by atoms with Crippen LogP contribution in [0.3, 0.4) is 0 Å². The minimum absolute atomic E-state index is 0.117. The van der Waals surface area contributed by atoms with Gasteiger partial charge in [0.25, 0.3) is 0 Å². The highest BCUT2D eigenvalue weighted by atomic mass is 16.6. The van der Waals surface area contributed by atoms with Gasteiger partial charge in [0.05, 0.1) is 5.54 Å². The second-order valence-corrected chi connectivity index (χ2v) is 4.48. The molecule has 1 amide bonds. The van der Waals surface area contributed by atoms with Gasteiger partial charge in [-0.25, -0.2) is 4.79 Å². The molecule has 0 atom stereocenters. The summed E-state index contributed by atoms with van der Waals surface area (Å²) in [5.74, 6) is 0.207. The molecule has 0 radical (unpaired) electrons. The fourth-order valence-electron chi connectivity index (χ4n) is 2.45. The Morgan fingerprint density at radius 3 is 2.50 bits per heavy atom. The fourth-order valence-corrected chi connectivity index (χ4v) is 2.45. The molecule has 16 heavy (non-hydrogen) atoms. The Bertz CT molecular complexity index is 422. The first-order chi connectivity index (χ1) is 7.71. The maximum absolute atomic E-state index is 11.7. The van der Waals surface area contributed by atoms with Gasteiger partial charge in [-0.05, 0) is 43.5 Å². The number of amides is 1. The maximum Gasteiger partial charge on any atom is 0.415 e. The number of phenolic OH excluding ortho intramolecular Hbond substituents is 1. The summed E-state index contributed by atoms with van der Waals surface area (Å²) >= 11 is 0. The van der Waals surface area contributed by atoms with Crippen LogP contribution in [0.5, 0.6) is 5.75 Å². The number of benzene rings is 1. The van der Waals surface area contributed by atoms with E-state index in [4.69, 9.17) is 4.74 Å². The van der Waals surface area contributed by atoms with Crippen LogP contribution >= 0.6 is 0 Å². The lowest BCUT2D eigenvalue weighted by Gasteiger charge is -2.42. The van der Waals surface area contributed by atoms with E-state index in [1.54, 1.807) is 29.2 Å². The van der Waals surface area contributed by atoms with Crippen molar-refractivity contribution < 1.29 is 14.6 Å². The zero-order valence-corrected chi connectivity index (χ0v) is 8.85. The Morgan fingerprint density at radius 1 is 1.25 bits per heavy atom. The molecular weight excluding hydrogens is 206 g/mol. The molecule has 4 heteroatoms. The lowest BCUT2D eigenvalue weighted by molar-refractivity contribution is 0.154. The second-order valence-electron chi connectivity index (χ2n) is 4.48. The van der Waals surface area contributed by atoms with Crippen LogP contribution in [-0.2, 0) is 4.74 Å². The Hall–Kier alpha value is -1.71. The first-order valence-corrected chi connectivity index (χ1v) is 5.47. The van der Waals surface area contributed by atoms with E-state index in [-0.39, 0.29) is 17.4 Å². The van der Waals surface area contributed by atoms with E-state index >= 15 is 0 Å². The van der Waals surface area contributed by atoms with Crippen LogP contribution in [0.1, 0.15) is 19.3 Å². The highest BCUT2D eigenvalue weighted by molar-refractivity contribution is 5.91. The van der Waals surface area contributed by atoms with Gasteiger partial charge in [-0.2, -0.15) is 0 Å². The number of rotatable bonds is 1. The molecule has 1 saturated carbocycles. The molecule has 0 unspecified atom stereocenters. The second kappa shape index (κ2) is 3.14. The summed E-state index contributed by atoms with van der Waals surface area (Å²) in [5, 5.41) is 9.23. The Labute approximate surface area is 93.4 Å². The van der Waals surface area contributed by atoms with Gasteiger partial charge in [0.2, 0.25) is 0 Å². The van der Waals surface area contributed by atoms with Gasteiger partial charge in [-0.3, -0.25) is 4.90 Å². The average Bonchev–Trinajstić information content (AvgIpc) is 2.57. The highest BCUT2D eigenvalue weighted by Crippen LogP contribution is 2.44. The van der Waals surface area contributed by atoms with E-state index in [0.29, 0.717) is 6.61 Å². The molecule has 1 N–H and O–H groups in total. The van der Waals surface area contributed by atoms with Crippen LogP contribution in [0.2, 0.25) is 0 Å². The summed E-state index contributed by atoms with van der Waals surface area (Å²) < 4.78 is 5.13. The molecule has 84 valence electrons. The van der Waals surface area contributed by atoms with Gasteiger partial charge in [-0.15, -0.1) is 0 Å². The van der Waals surface area contributed by atoms with Crippen LogP contribution in [0, 0.1) is 0 Å². The number of hydrogen-bond acceptors (Lipinski definition) is 3. The molecule has 3 rings (SSSR count). The third-order valence-corrected chi connectivity index (χ3v) is 3.51. The van der Waals surface area contributed by atoms with E-state index in [1.807, 2.05) is 0 Å². The number of carbonyl (C=O) groups excluding carboxylic acids is 1. The Kier molecular flexibility index (Phi) is 1.87.